The maximum Gasteiger partial charge on any atom is 0.193 e. The van der Waals surface area contributed by atoms with Crippen LogP contribution in [0.15, 0.2) is 22.0 Å². The number of carbonyl (C=O) groups excluding carboxylic acids is 1. The minimum atomic E-state index is -1.05. The van der Waals surface area contributed by atoms with Crippen molar-refractivity contribution in [1.29, 1.82) is 0 Å². The second-order valence-electron chi connectivity index (χ2n) is 8.14. The molecule has 0 aliphatic carbocycles. The lowest BCUT2D eigenvalue weighted by molar-refractivity contribution is -0.103. The number of aldehydes is 1. The second-order valence-corrected chi connectivity index (χ2v) is 21.7. The molecule has 0 fully saturated rings. The summed E-state index contributed by atoms with van der Waals surface area (Å²) >= 11 is 3.57. The molecule has 0 saturated heterocycles. The molecule has 0 aromatic carbocycles. The summed E-state index contributed by atoms with van der Waals surface area (Å²) < 4.78 is 0. The first-order valence-electron chi connectivity index (χ1n) is 8.63. The number of hydrogen-bond acceptors (Lipinski definition) is 3. The number of carbonyl (C=O) groups is 1. The highest BCUT2D eigenvalue weighted by Crippen LogP contribution is 2.23. The zero-order chi connectivity index (χ0) is 19.3. The van der Waals surface area contributed by atoms with Gasteiger partial charge in [0.25, 0.3) is 0 Å². The molecule has 0 radical (unpaired) electrons. The van der Waals surface area contributed by atoms with Gasteiger partial charge in [0.05, 0.1) is 9.81 Å². The van der Waals surface area contributed by atoms with Crippen LogP contribution in [0, 0.1) is 23.7 Å². The third-order valence-corrected chi connectivity index (χ3v) is 9.25. The van der Waals surface area contributed by atoms with Crippen molar-refractivity contribution in [3.8, 4) is 23.7 Å². The van der Waals surface area contributed by atoms with Crippen molar-refractivity contribution >= 4 is 46.0 Å². The lowest BCUT2D eigenvalue weighted by Gasteiger charge is -2.15. The van der Waals surface area contributed by atoms with Gasteiger partial charge in [-0.15, -0.1) is 29.4 Å². The van der Waals surface area contributed by atoms with E-state index in [0.717, 1.165) is 21.3 Å². The van der Waals surface area contributed by atoms with E-state index in [1.54, 1.807) is 11.8 Å². The van der Waals surface area contributed by atoms with Gasteiger partial charge in [0.1, 0.15) is 0 Å². The first-order valence-corrected chi connectivity index (χ1v) is 18.0. The van der Waals surface area contributed by atoms with Crippen LogP contribution >= 0.6 is 23.5 Å². The summed E-state index contributed by atoms with van der Waals surface area (Å²) in [6, 6.07) is 2.53. The van der Waals surface area contributed by atoms with Crippen LogP contribution in [-0.2, 0) is 4.79 Å². The van der Waals surface area contributed by atoms with Gasteiger partial charge < -0.3 is 0 Å². The number of thioether (sulfide) groups is 2. The largest absolute Gasteiger partial charge is 0.289 e. The molecule has 0 N–H and O–H groups in total. The van der Waals surface area contributed by atoms with Crippen LogP contribution in [0.25, 0.3) is 0 Å². The smallest absolute Gasteiger partial charge is 0.193 e. The molecule has 0 rings (SSSR count). The maximum atomic E-state index is 10.6. The highest BCUT2D eigenvalue weighted by molar-refractivity contribution is 8.03. The number of rotatable bonds is 9. The summed E-state index contributed by atoms with van der Waals surface area (Å²) in [5, 5.41) is 0. The van der Waals surface area contributed by atoms with Crippen molar-refractivity contribution < 1.29 is 4.79 Å². The Bertz CT molecular complexity index is 600. The van der Waals surface area contributed by atoms with E-state index in [1.807, 2.05) is 24.8 Å². The Hall–Kier alpha value is -0.596. The van der Waals surface area contributed by atoms with Crippen molar-refractivity contribution in [3.05, 3.63) is 22.0 Å². The van der Waals surface area contributed by atoms with E-state index in [-0.39, 0.29) is 0 Å². The molecular formula is C20H32OS2Si2. The standard InChI is InChI=1S/C20H32OS2Si2/c1-8-10-19(22-15-17-24(2,3)4)12-13-20(11-9-14-21)23-16-18-25(5,6)7/h12-14H,15-18H2,1-7H3. The molecule has 0 amide bonds. The topological polar surface area (TPSA) is 17.1 Å². The predicted octanol–water partition coefficient (Wildman–Crippen LogP) is 6.12. The van der Waals surface area contributed by atoms with E-state index in [9.17, 15) is 4.79 Å². The molecule has 0 spiro atoms. The summed E-state index contributed by atoms with van der Waals surface area (Å²) in [5.74, 6) is 13.8. The van der Waals surface area contributed by atoms with Gasteiger partial charge in [0.2, 0.25) is 0 Å². The normalized spacial score (nSPS) is 12.8. The van der Waals surface area contributed by atoms with Crippen molar-refractivity contribution in [2.75, 3.05) is 11.5 Å². The van der Waals surface area contributed by atoms with Crippen LogP contribution < -0.4 is 0 Å². The monoisotopic (exact) mass is 408 g/mol. The number of hydrogen-bond donors (Lipinski definition) is 0. The molecule has 0 bridgehead atoms. The Morgan fingerprint density at radius 2 is 1.28 bits per heavy atom. The van der Waals surface area contributed by atoms with E-state index in [0.29, 0.717) is 6.29 Å². The fourth-order valence-corrected chi connectivity index (χ4v) is 8.35. The van der Waals surface area contributed by atoms with E-state index in [2.05, 4.69) is 69.0 Å². The highest BCUT2D eigenvalue weighted by Gasteiger charge is 2.13. The molecular weight excluding hydrogens is 377 g/mol. The minimum Gasteiger partial charge on any atom is -0.289 e. The van der Waals surface area contributed by atoms with E-state index < -0.39 is 16.1 Å². The zero-order valence-corrected chi connectivity index (χ0v) is 20.4. The lowest BCUT2D eigenvalue weighted by atomic mass is 10.4. The maximum absolute atomic E-state index is 10.6. The van der Waals surface area contributed by atoms with Crippen LogP contribution in [0.5, 0.6) is 0 Å². The quantitative estimate of drug-likeness (QED) is 0.198. The fourth-order valence-electron chi connectivity index (χ4n) is 1.56. The third-order valence-electron chi connectivity index (χ3n) is 3.11. The molecule has 0 aromatic rings. The summed E-state index contributed by atoms with van der Waals surface area (Å²) in [5.41, 5.74) is 0. The minimum absolute atomic E-state index is 0.659. The van der Waals surface area contributed by atoms with Gasteiger partial charge in [0, 0.05) is 16.1 Å². The Kier molecular flexibility index (Phi) is 12.4. The highest BCUT2D eigenvalue weighted by atomic mass is 32.2. The third kappa shape index (κ3) is 16.6. The van der Waals surface area contributed by atoms with Gasteiger partial charge >= 0.3 is 0 Å². The molecule has 0 saturated carbocycles. The van der Waals surface area contributed by atoms with Crippen LogP contribution in [0.2, 0.25) is 51.4 Å². The van der Waals surface area contributed by atoms with E-state index >= 15 is 0 Å². The van der Waals surface area contributed by atoms with Gasteiger partial charge in [-0.1, -0.05) is 51.1 Å². The first kappa shape index (κ1) is 24.4. The molecule has 1 nitrogen and oxygen atoms in total. The van der Waals surface area contributed by atoms with Crippen LogP contribution in [-0.4, -0.2) is 33.9 Å². The van der Waals surface area contributed by atoms with Gasteiger partial charge in [-0.3, -0.25) is 4.79 Å². The average molecular weight is 409 g/mol. The molecule has 0 aliphatic rings. The molecule has 25 heavy (non-hydrogen) atoms. The van der Waals surface area contributed by atoms with E-state index in [1.165, 1.54) is 12.1 Å². The van der Waals surface area contributed by atoms with Crippen LogP contribution in [0.3, 0.4) is 0 Å². The molecule has 0 unspecified atom stereocenters. The molecule has 0 heterocycles. The molecule has 5 heteroatoms. The fraction of sp³-hybridized carbons (Fsp3) is 0.550. The second kappa shape index (κ2) is 12.7. The zero-order valence-electron chi connectivity index (χ0n) is 16.8. The summed E-state index contributed by atoms with van der Waals surface area (Å²) in [7, 11) is -2.07. The van der Waals surface area contributed by atoms with Gasteiger partial charge in [-0.25, -0.2) is 0 Å². The van der Waals surface area contributed by atoms with E-state index in [4.69, 9.17) is 0 Å². The Labute approximate surface area is 165 Å². The van der Waals surface area contributed by atoms with Gasteiger partial charge in [-0.05, 0) is 48.6 Å². The lowest BCUT2D eigenvalue weighted by Crippen LogP contribution is -2.19. The average Bonchev–Trinajstić information content (AvgIpc) is 2.46. The van der Waals surface area contributed by atoms with Crippen LogP contribution in [0.4, 0.5) is 0 Å². The SMILES string of the molecule is CC#CC(=CC=C(C#CC=O)SCC[Si](C)(C)C)SCC[Si](C)(C)C. The Balaban J connectivity index is 5.02. The summed E-state index contributed by atoms with van der Waals surface area (Å²) in [4.78, 5) is 12.6. The Morgan fingerprint density at radius 3 is 1.64 bits per heavy atom. The van der Waals surface area contributed by atoms with Crippen molar-refractivity contribution in [2.45, 2.75) is 58.3 Å². The summed E-state index contributed by atoms with van der Waals surface area (Å²) in [6.07, 6.45) is 4.74. The van der Waals surface area contributed by atoms with Gasteiger partial charge in [0.15, 0.2) is 6.29 Å². The van der Waals surface area contributed by atoms with Gasteiger partial charge in [-0.2, -0.15) is 0 Å². The number of allylic oxidation sites excluding steroid dienone is 4. The van der Waals surface area contributed by atoms with Crippen molar-refractivity contribution in [1.82, 2.24) is 0 Å². The Morgan fingerprint density at radius 1 is 0.840 bits per heavy atom. The predicted molar refractivity (Wildman–Crippen MR) is 125 cm³/mol. The molecule has 0 aliphatic heterocycles. The molecule has 0 aromatic heterocycles. The molecule has 138 valence electrons. The first-order chi connectivity index (χ1) is 11.6. The molecule has 0 atom stereocenters. The summed E-state index contributed by atoms with van der Waals surface area (Å²) in [6.45, 7) is 16.2. The van der Waals surface area contributed by atoms with Crippen molar-refractivity contribution in [2.24, 2.45) is 0 Å². The van der Waals surface area contributed by atoms with Crippen molar-refractivity contribution in [3.63, 3.8) is 0 Å². The van der Waals surface area contributed by atoms with Crippen LogP contribution in [0.1, 0.15) is 6.92 Å².